The van der Waals surface area contributed by atoms with Gasteiger partial charge in [0, 0.05) is 47.5 Å². The SMILES string of the molecule is CC1c2ccsc2CCN1CC1(N)C2CCOC2C1(C)C. The van der Waals surface area contributed by atoms with Gasteiger partial charge in [-0.3, -0.25) is 4.90 Å². The van der Waals surface area contributed by atoms with Gasteiger partial charge in [0.25, 0.3) is 0 Å². The van der Waals surface area contributed by atoms with Gasteiger partial charge in [-0.1, -0.05) is 13.8 Å². The minimum atomic E-state index is -0.101. The summed E-state index contributed by atoms with van der Waals surface area (Å²) in [5.41, 5.74) is 8.44. The van der Waals surface area contributed by atoms with E-state index in [0.29, 0.717) is 18.1 Å². The summed E-state index contributed by atoms with van der Waals surface area (Å²) in [6.45, 7) is 9.96. The van der Waals surface area contributed by atoms with Gasteiger partial charge in [0.2, 0.25) is 0 Å². The highest BCUT2D eigenvalue weighted by Crippen LogP contribution is 2.58. The normalized spacial score (nSPS) is 41.4. The lowest BCUT2D eigenvalue weighted by Gasteiger charge is -2.64. The predicted molar refractivity (Wildman–Crippen MR) is 86.6 cm³/mol. The molecule has 4 heteroatoms. The van der Waals surface area contributed by atoms with Crippen LogP contribution in [-0.2, 0) is 11.2 Å². The van der Waals surface area contributed by atoms with Crippen LogP contribution in [0.1, 0.15) is 43.7 Å². The molecule has 1 aromatic heterocycles. The second-order valence-electron chi connectivity index (χ2n) is 7.64. The molecule has 0 aromatic carbocycles. The molecule has 2 fully saturated rings. The van der Waals surface area contributed by atoms with Gasteiger partial charge in [0.05, 0.1) is 6.10 Å². The van der Waals surface area contributed by atoms with Gasteiger partial charge in [-0.25, -0.2) is 0 Å². The van der Waals surface area contributed by atoms with Crippen molar-refractivity contribution >= 4 is 11.3 Å². The zero-order valence-electron chi connectivity index (χ0n) is 13.3. The maximum Gasteiger partial charge on any atom is 0.0691 e. The molecule has 1 saturated heterocycles. The minimum Gasteiger partial charge on any atom is -0.377 e. The summed E-state index contributed by atoms with van der Waals surface area (Å²) in [5.74, 6) is 0.545. The number of hydrogen-bond acceptors (Lipinski definition) is 4. The number of thiophene rings is 1. The molecule has 0 spiro atoms. The molecule has 0 amide bonds. The Morgan fingerprint density at radius 2 is 2.29 bits per heavy atom. The van der Waals surface area contributed by atoms with Crippen LogP contribution >= 0.6 is 11.3 Å². The molecule has 4 rings (SSSR count). The Morgan fingerprint density at radius 3 is 3.10 bits per heavy atom. The largest absolute Gasteiger partial charge is 0.377 e. The van der Waals surface area contributed by atoms with Crippen LogP contribution in [-0.4, -0.2) is 36.2 Å². The molecule has 21 heavy (non-hydrogen) atoms. The van der Waals surface area contributed by atoms with Gasteiger partial charge in [-0.2, -0.15) is 0 Å². The molecular weight excluding hydrogens is 280 g/mol. The molecule has 0 bridgehead atoms. The van der Waals surface area contributed by atoms with Crippen LogP contribution in [0.25, 0.3) is 0 Å². The molecule has 1 aromatic rings. The number of rotatable bonds is 2. The summed E-state index contributed by atoms with van der Waals surface area (Å²) in [6, 6.07) is 2.80. The molecule has 4 unspecified atom stereocenters. The van der Waals surface area contributed by atoms with Crippen LogP contribution in [0, 0.1) is 11.3 Å². The van der Waals surface area contributed by atoms with E-state index in [0.717, 1.165) is 26.1 Å². The molecule has 1 saturated carbocycles. The first-order chi connectivity index (χ1) is 9.95. The Balaban J connectivity index is 1.57. The summed E-state index contributed by atoms with van der Waals surface area (Å²) in [7, 11) is 0. The number of nitrogens with zero attached hydrogens (tertiary/aromatic N) is 1. The van der Waals surface area contributed by atoms with Crippen LogP contribution in [0.15, 0.2) is 11.4 Å². The molecule has 0 radical (unpaired) electrons. The standard InChI is InChI=1S/C17H26N2OS/c1-11-12-6-9-21-14(12)4-7-19(11)10-17(18)13-5-8-20-15(13)16(17,2)3/h6,9,11,13,15H,4-5,7-8,10,18H2,1-3H3. The van der Waals surface area contributed by atoms with Gasteiger partial charge in [0.15, 0.2) is 0 Å². The van der Waals surface area contributed by atoms with Crippen LogP contribution in [0.4, 0.5) is 0 Å². The maximum absolute atomic E-state index is 6.94. The second kappa shape index (κ2) is 4.54. The van der Waals surface area contributed by atoms with Crippen molar-refractivity contribution in [1.29, 1.82) is 0 Å². The fourth-order valence-corrected chi connectivity index (χ4v) is 5.87. The smallest absolute Gasteiger partial charge is 0.0691 e. The van der Waals surface area contributed by atoms with Crippen LogP contribution in [0.3, 0.4) is 0 Å². The highest BCUT2D eigenvalue weighted by molar-refractivity contribution is 7.10. The third-order valence-electron chi connectivity index (χ3n) is 6.53. The predicted octanol–water partition coefficient (Wildman–Crippen LogP) is 2.81. The Bertz CT molecular complexity index is 555. The van der Waals surface area contributed by atoms with Gasteiger partial charge < -0.3 is 10.5 Å². The van der Waals surface area contributed by atoms with E-state index in [4.69, 9.17) is 10.5 Å². The van der Waals surface area contributed by atoms with Crippen LogP contribution < -0.4 is 5.73 Å². The first kappa shape index (κ1) is 14.2. The summed E-state index contributed by atoms with van der Waals surface area (Å²) in [4.78, 5) is 4.17. The average Bonchev–Trinajstić information content (AvgIpc) is 3.09. The van der Waals surface area contributed by atoms with E-state index in [1.807, 2.05) is 11.3 Å². The van der Waals surface area contributed by atoms with Crippen molar-refractivity contribution in [2.45, 2.75) is 51.3 Å². The fraction of sp³-hybridized carbons (Fsp3) is 0.765. The van der Waals surface area contributed by atoms with Crippen molar-refractivity contribution in [2.24, 2.45) is 17.1 Å². The molecular formula is C17H26N2OS. The van der Waals surface area contributed by atoms with Crippen molar-refractivity contribution in [2.75, 3.05) is 19.7 Å². The van der Waals surface area contributed by atoms with Gasteiger partial charge in [-0.15, -0.1) is 11.3 Å². The summed E-state index contributed by atoms with van der Waals surface area (Å²) in [6.07, 6.45) is 2.69. The number of ether oxygens (including phenoxy) is 1. The van der Waals surface area contributed by atoms with Gasteiger partial charge in [-0.05, 0) is 36.8 Å². The van der Waals surface area contributed by atoms with E-state index in [1.54, 1.807) is 4.88 Å². The second-order valence-corrected chi connectivity index (χ2v) is 8.64. The summed E-state index contributed by atoms with van der Waals surface area (Å²) >= 11 is 1.91. The van der Waals surface area contributed by atoms with E-state index < -0.39 is 0 Å². The Kier molecular flexibility index (Phi) is 3.07. The first-order valence-electron chi connectivity index (χ1n) is 8.16. The minimum absolute atomic E-state index is 0.0861. The van der Waals surface area contributed by atoms with Gasteiger partial charge in [0.1, 0.15) is 0 Å². The van der Waals surface area contributed by atoms with Gasteiger partial charge >= 0.3 is 0 Å². The summed E-state index contributed by atoms with van der Waals surface area (Å²) < 4.78 is 5.93. The molecule has 1 aliphatic carbocycles. The first-order valence-corrected chi connectivity index (χ1v) is 9.04. The molecule has 3 nitrogen and oxygen atoms in total. The van der Waals surface area contributed by atoms with Crippen molar-refractivity contribution in [3.8, 4) is 0 Å². The number of nitrogens with two attached hydrogens (primary N) is 1. The highest BCUT2D eigenvalue weighted by Gasteiger charge is 2.67. The van der Waals surface area contributed by atoms with E-state index in [-0.39, 0.29) is 11.0 Å². The fourth-order valence-electron chi connectivity index (χ4n) is 4.91. The number of fused-ring (bicyclic) bond motifs is 2. The Morgan fingerprint density at radius 1 is 1.48 bits per heavy atom. The summed E-state index contributed by atoms with van der Waals surface area (Å²) in [5, 5.41) is 2.23. The quantitative estimate of drug-likeness (QED) is 0.913. The molecule has 3 aliphatic rings. The van der Waals surface area contributed by atoms with Crippen molar-refractivity contribution in [3.63, 3.8) is 0 Å². The van der Waals surface area contributed by atoms with Crippen molar-refractivity contribution in [1.82, 2.24) is 4.90 Å². The molecule has 116 valence electrons. The Labute approximate surface area is 131 Å². The zero-order valence-corrected chi connectivity index (χ0v) is 14.1. The van der Waals surface area contributed by atoms with E-state index in [1.165, 1.54) is 12.0 Å². The molecule has 2 N–H and O–H groups in total. The topological polar surface area (TPSA) is 38.5 Å². The van der Waals surface area contributed by atoms with E-state index >= 15 is 0 Å². The van der Waals surface area contributed by atoms with E-state index in [9.17, 15) is 0 Å². The third kappa shape index (κ3) is 1.76. The lowest BCUT2D eigenvalue weighted by atomic mass is 9.48. The Hall–Kier alpha value is -0.420. The lowest BCUT2D eigenvalue weighted by Crippen LogP contribution is -2.78. The molecule has 2 aliphatic heterocycles. The third-order valence-corrected chi connectivity index (χ3v) is 7.53. The van der Waals surface area contributed by atoms with Crippen LogP contribution in [0.2, 0.25) is 0 Å². The monoisotopic (exact) mass is 306 g/mol. The van der Waals surface area contributed by atoms with Crippen molar-refractivity contribution in [3.05, 3.63) is 21.9 Å². The maximum atomic E-state index is 6.94. The van der Waals surface area contributed by atoms with E-state index in [2.05, 4.69) is 37.1 Å². The molecule has 3 heterocycles. The average molecular weight is 306 g/mol. The van der Waals surface area contributed by atoms with Crippen LogP contribution in [0.5, 0.6) is 0 Å². The lowest BCUT2D eigenvalue weighted by molar-refractivity contribution is -0.165. The zero-order chi connectivity index (χ0) is 14.8. The molecule has 4 atom stereocenters. The van der Waals surface area contributed by atoms with Crippen molar-refractivity contribution < 1.29 is 4.74 Å². The highest BCUT2D eigenvalue weighted by atomic mass is 32.1. The number of hydrogen-bond donors (Lipinski definition) is 1.